The summed E-state index contributed by atoms with van der Waals surface area (Å²) < 4.78 is 36.7. The molecule has 1 aliphatic rings. The van der Waals surface area contributed by atoms with E-state index in [4.69, 9.17) is 9.84 Å². The molecule has 0 saturated carbocycles. The second-order valence-electron chi connectivity index (χ2n) is 8.02. The zero-order chi connectivity index (χ0) is 25.6. The number of carbonyl (C=O) groups is 1. The van der Waals surface area contributed by atoms with E-state index in [1.807, 2.05) is 12.1 Å². The number of amides is 1. The first kappa shape index (κ1) is 24.2. The second kappa shape index (κ2) is 9.19. The van der Waals surface area contributed by atoms with Crippen molar-refractivity contribution in [3.8, 4) is 5.69 Å². The van der Waals surface area contributed by atoms with Crippen LogP contribution in [0.2, 0.25) is 0 Å². The van der Waals surface area contributed by atoms with Gasteiger partial charge in [-0.2, -0.15) is 8.78 Å². The van der Waals surface area contributed by atoms with Gasteiger partial charge < -0.3 is 14.9 Å². The number of carbonyl (C=O) groups excluding carboxylic acids is 1. The molecule has 3 atom stereocenters. The number of aliphatic hydroxyl groups is 2. The Labute approximate surface area is 207 Å². The van der Waals surface area contributed by atoms with Crippen molar-refractivity contribution >= 4 is 36.1 Å². The molecule has 1 amide bonds. The van der Waals surface area contributed by atoms with E-state index in [-0.39, 0.29) is 31.7 Å². The van der Waals surface area contributed by atoms with Gasteiger partial charge in [0.2, 0.25) is 0 Å². The Bertz CT molecular complexity index is 1570. The van der Waals surface area contributed by atoms with E-state index in [2.05, 4.69) is 10.3 Å². The van der Waals surface area contributed by atoms with E-state index < -0.39 is 42.6 Å². The van der Waals surface area contributed by atoms with Crippen LogP contribution < -0.4 is 16.6 Å². The van der Waals surface area contributed by atoms with Gasteiger partial charge in [0.05, 0.1) is 6.61 Å². The number of anilines is 1. The number of ether oxygens (including phenoxy) is 1. The fourth-order valence-electron chi connectivity index (χ4n) is 3.86. The van der Waals surface area contributed by atoms with Crippen LogP contribution in [0.25, 0.3) is 15.3 Å². The number of nitrogens with one attached hydrogen (secondary N) is 1. The van der Waals surface area contributed by atoms with Crippen molar-refractivity contribution in [3.63, 3.8) is 0 Å². The summed E-state index contributed by atoms with van der Waals surface area (Å²) in [4.78, 5) is 41.2. The molecule has 13 heteroatoms. The van der Waals surface area contributed by atoms with Crippen molar-refractivity contribution in [3.05, 3.63) is 87.2 Å². The number of aliphatic hydroxyl groups excluding tert-OH is 2. The number of hydrogen-bond donors (Lipinski definition) is 3. The Morgan fingerprint density at radius 3 is 2.50 bits per heavy atom. The first-order valence-corrected chi connectivity index (χ1v) is 12.3. The maximum absolute atomic E-state index is 14.3. The summed E-state index contributed by atoms with van der Waals surface area (Å²) in [5.74, 6) is -4.63. The van der Waals surface area contributed by atoms with Gasteiger partial charge in [-0.15, -0.1) is 0 Å². The summed E-state index contributed by atoms with van der Waals surface area (Å²) in [5, 5.41) is 21.8. The number of rotatable bonds is 5. The molecule has 3 N–H and O–H groups in total. The average molecular weight is 563 g/mol. The van der Waals surface area contributed by atoms with Gasteiger partial charge in [-0.3, -0.25) is 0 Å². The average Bonchev–Trinajstić information content (AvgIpc) is 3.32. The zero-order valence-electron chi connectivity index (χ0n) is 18.2. The molecule has 0 bridgehead atoms. The van der Waals surface area contributed by atoms with Gasteiger partial charge in [-0.25, -0.2) is 0 Å². The van der Waals surface area contributed by atoms with Gasteiger partial charge in [-0.05, 0) is 0 Å². The number of nitrogens with zero attached hydrogens (tertiary/aromatic N) is 3. The first-order chi connectivity index (χ1) is 17.2. The fraction of sp³-hybridized carbons (Fsp3) is 0.217. The van der Waals surface area contributed by atoms with Crippen LogP contribution in [0.5, 0.6) is 0 Å². The van der Waals surface area contributed by atoms with Crippen molar-refractivity contribution in [1.82, 2.24) is 13.1 Å². The van der Waals surface area contributed by atoms with Crippen LogP contribution in [-0.2, 0) is 4.74 Å². The standard InChI is InChI=1S/C23H18F2N4O6Se/c24-23(25)18(31)15(11-30)35-21(23)28-10-9-17(27-22(28)34)26-19(32)12-5-7-13(8-6-12)29-20(33)14-3-1-2-4-16(14)36-29/h1-10,15,18,21,30-31H,11H2,(H,26,27,32,34). The van der Waals surface area contributed by atoms with E-state index in [9.17, 15) is 28.3 Å². The predicted molar refractivity (Wildman–Crippen MR) is 125 cm³/mol. The quantitative estimate of drug-likeness (QED) is 0.305. The van der Waals surface area contributed by atoms with Gasteiger partial charge in [-0.1, -0.05) is 0 Å². The minimum absolute atomic E-state index is 0.109. The zero-order valence-corrected chi connectivity index (χ0v) is 20.0. The van der Waals surface area contributed by atoms with Crippen LogP contribution in [0.15, 0.2) is 70.4 Å². The number of halogens is 2. The molecule has 0 radical (unpaired) electrons. The van der Waals surface area contributed by atoms with Crippen molar-refractivity contribution in [2.75, 3.05) is 11.9 Å². The fourth-order valence-corrected chi connectivity index (χ4v) is 5.95. The van der Waals surface area contributed by atoms with E-state index in [1.165, 1.54) is 12.1 Å². The molecule has 36 heavy (non-hydrogen) atoms. The molecule has 5 rings (SSSR count). The molecule has 3 heterocycles. The van der Waals surface area contributed by atoms with E-state index in [0.29, 0.717) is 15.6 Å². The number of alkyl halides is 2. The number of aromatic nitrogens is 3. The van der Waals surface area contributed by atoms with Crippen molar-refractivity contribution in [2.24, 2.45) is 0 Å². The summed E-state index contributed by atoms with van der Waals surface area (Å²) in [6.45, 7) is -0.859. The molecule has 1 saturated heterocycles. The summed E-state index contributed by atoms with van der Waals surface area (Å²) in [6.07, 6.45) is -5.07. The molecule has 4 aromatic rings. The molecule has 0 spiro atoms. The first-order valence-electron chi connectivity index (χ1n) is 10.6. The Morgan fingerprint density at radius 1 is 1.14 bits per heavy atom. The van der Waals surface area contributed by atoms with Gasteiger partial charge in [0.25, 0.3) is 0 Å². The van der Waals surface area contributed by atoms with E-state index >= 15 is 0 Å². The number of fused-ring (bicyclic) bond motifs is 1. The Kier molecular flexibility index (Phi) is 6.18. The number of hydrogen-bond acceptors (Lipinski definition) is 7. The molecule has 10 nitrogen and oxygen atoms in total. The van der Waals surface area contributed by atoms with Crippen molar-refractivity contribution in [2.45, 2.75) is 24.4 Å². The number of benzene rings is 2. The van der Waals surface area contributed by atoms with Crippen molar-refractivity contribution < 1.29 is 28.5 Å². The SMILES string of the molecule is O=C(Nc1ccn(C2OC(CO)C(O)C2(F)F)c(=O)n1)c1ccc(-n2[se]c3ccccc3c2=O)cc1. The Hall–Kier alpha value is -3.48. The summed E-state index contributed by atoms with van der Waals surface area (Å²) >= 11 is -0.224. The van der Waals surface area contributed by atoms with Crippen LogP contribution >= 0.6 is 0 Å². The van der Waals surface area contributed by atoms with Gasteiger partial charge >= 0.3 is 164 Å². The van der Waals surface area contributed by atoms with Crippen molar-refractivity contribution in [1.29, 1.82) is 0 Å². The molecule has 1 fully saturated rings. The monoisotopic (exact) mass is 564 g/mol. The van der Waals surface area contributed by atoms with Gasteiger partial charge in [0.15, 0.2) is 6.10 Å². The third-order valence-corrected chi connectivity index (χ3v) is 8.07. The second-order valence-corrected chi connectivity index (χ2v) is 10.1. The summed E-state index contributed by atoms with van der Waals surface area (Å²) in [7, 11) is 0. The Morgan fingerprint density at radius 2 is 1.86 bits per heavy atom. The molecule has 186 valence electrons. The maximum atomic E-state index is 14.3. The molecular formula is C23H18F2N4O6Se. The summed E-state index contributed by atoms with van der Waals surface area (Å²) in [5.41, 5.74) is -0.398. The third kappa shape index (κ3) is 4.10. The Balaban J connectivity index is 1.33. The minimum atomic E-state index is -3.84. The van der Waals surface area contributed by atoms with Gasteiger partial charge in [0, 0.05) is 0 Å². The molecule has 1 aliphatic heterocycles. The van der Waals surface area contributed by atoms with Crippen LogP contribution in [0.3, 0.4) is 0 Å². The van der Waals surface area contributed by atoms with Crippen LogP contribution in [0.4, 0.5) is 14.6 Å². The molecular weight excluding hydrogens is 545 g/mol. The normalized spacial score (nSPS) is 21.1. The van der Waals surface area contributed by atoms with Gasteiger partial charge in [0.1, 0.15) is 6.10 Å². The topological polar surface area (TPSA) is 136 Å². The van der Waals surface area contributed by atoms with Crippen LogP contribution in [0.1, 0.15) is 16.6 Å². The van der Waals surface area contributed by atoms with Crippen LogP contribution in [0, 0.1) is 0 Å². The molecule has 0 aliphatic carbocycles. The molecule has 3 unspecified atom stereocenters. The molecule has 2 aromatic heterocycles. The van der Waals surface area contributed by atoms with Crippen LogP contribution in [-0.4, -0.2) is 68.7 Å². The van der Waals surface area contributed by atoms with E-state index in [0.717, 1.165) is 16.5 Å². The molecule has 2 aromatic carbocycles. The predicted octanol–water partition coefficient (Wildman–Crippen LogP) is 0.743. The summed E-state index contributed by atoms with van der Waals surface area (Å²) in [6, 6.07) is 14.8. The van der Waals surface area contributed by atoms with E-state index in [1.54, 1.807) is 27.8 Å². The third-order valence-electron chi connectivity index (χ3n) is 5.74.